The highest BCUT2D eigenvalue weighted by Crippen LogP contribution is 2.29. The molecule has 1 aliphatic rings. The highest BCUT2D eigenvalue weighted by Gasteiger charge is 2.34. The number of likely N-dealkylation sites (tertiary alicyclic amines) is 1. The second-order valence-electron chi connectivity index (χ2n) is 6.17. The number of nitrogens with zero attached hydrogens (tertiary/aromatic N) is 1. The number of amides is 1. The molecule has 2 nitrogen and oxygen atoms in total. The van der Waals surface area contributed by atoms with E-state index in [-0.39, 0.29) is 5.41 Å². The maximum Gasteiger partial charge on any atom is 0.228 e. The summed E-state index contributed by atoms with van der Waals surface area (Å²) in [4.78, 5) is 15.8. The molecule has 0 unspecified atom stereocenters. The monoisotopic (exact) mass is 277 g/mol. The Balaban J connectivity index is 1.94. The van der Waals surface area contributed by atoms with Crippen molar-refractivity contribution in [2.24, 2.45) is 5.41 Å². The van der Waals surface area contributed by atoms with Gasteiger partial charge >= 0.3 is 0 Å². The zero-order valence-corrected chi connectivity index (χ0v) is 12.9. The Morgan fingerprint density at radius 1 is 1.32 bits per heavy atom. The molecule has 19 heavy (non-hydrogen) atoms. The van der Waals surface area contributed by atoms with E-state index in [1.165, 1.54) is 4.90 Å². The van der Waals surface area contributed by atoms with E-state index >= 15 is 0 Å². The minimum Gasteiger partial charge on any atom is -0.338 e. The Morgan fingerprint density at radius 2 is 2.00 bits per heavy atom. The minimum absolute atomic E-state index is 0.264. The van der Waals surface area contributed by atoms with Crippen LogP contribution in [-0.4, -0.2) is 29.1 Å². The molecule has 0 saturated carbocycles. The molecule has 0 aliphatic carbocycles. The van der Waals surface area contributed by atoms with Crippen LogP contribution in [0.5, 0.6) is 0 Å². The minimum atomic E-state index is -0.264. The number of carbonyl (C=O) groups excluding carboxylic acids is 1. The van der Waals surface area contributed by atoms with Crippen LogP contribution in [0.2, 0.25) is 0 Å². The van der Waals surface area contributed by atoms with E-state index in [4.69, 9.17) is 0 Å². The lowest BCUT2D eigenvalue weighted by Crippen LogP contribution is -2.43. The van der Waals surface area contributed by atoms with Gasteiger partial charge in [-0.2, -0.15) is 0 Å². The largest absolute Gasteiger partial charge is 0.338 e. The Kier molecular flexibility index (Phi) is 4.56. The van der Waals surface area contributed by atoms with E-state index in [0.29, 0.717) is 11.9 Å². The molecular weight excluding hydrogens is 254 g/mol. The standard InChI is InChI=1S/C16H23NOS/c1-16(2,3)15(18)17-11-7-8-13(17)12-19-14-9-5-4-6-10-14/h4-6,9-10,13H,7-8,11-12H2,1-3H3/t13-/m0/s1. The first kappa shape index (κ1) is 14.4. The molecule has 0 bridgehead atoms. The van der Waals surface area contributed by atoms with Crippen LogP contribution in [0.15, 0.2) is 35.2 Å². The molecule has 2 rings (SSSR count). The van der Waals surface area contributed by atoms with Crippen LogP contribution in [-0.2, 0) is 4.79 Å². The summed E-state index contributed by atoms with van der Waals surface area (Å²) >= 11 is 1.86. The lowest BCUT2D eigenvalue weighted by atomic mass is 9.94. The highest BCUT2D eigenvalue weighted by atomic mass is 32.2. The third-order valence-corrected chi connectivity index (χ3v) is 4.62. The van der Waals surface area contributed by atoms with Crippen molar-refractivity contribution in [3.63, 3.8) is 0 Å². The van der Waals surface area contributed by atoms with Gasteiger partial charge in [-0.25, -0.2) is 0 Å². The van der Waals surface area contributed by atoms with Gasteiger partial charge in [0.05, 0.1) is 0 Å². The third kappa shape index (κ3) is 3.75. The number of thioether (sulfide) groups is 1. The predicted octanol–water partition coefficient (Wildman–Crippen LogP) is 3.82. The van der Waals surface area contributed by atoms with E-state index in [0.717, 1.165) is 25.1 Å². The third-order valence-electron chi connectivity index (χ3n) is 3.47. The molecule has 0 spiro atoms. The van der Waals surface area contributed by atoms with Crippen LogP contribution in [0, 0.1) is 5.41 Å². The molecule has 0 N–H and O–H groups in total. The van der Waals surface area contributed by atoms with Gasteiger partial charge in [-0.15, -0.1) is 11.8 Å². The zero-order chi connectivity index (χ0) is 13.9. The van der Waals surface area contributed by atoms with Crippen LogP contribution in [0.3, 0.4) is 0 Å². The number of benzene rings is 1. The summed E-state index contributed by atoms with van der Waals surface area (Å²) in [6, 6.07) is 10.8. The summed E-state index contributed by atoms with van der Waals surface area (Å²) in [6.45, 7) is 6.95. The molecule has 1 atom stereocenters. The number of hydrogen-bond donors (Lipinski definition) is 0. The fourth-order valence-corrected chi connectivity index (χ4v) is 3.50. The summed E-state index contributed by atoms with van der Waals surface area (Å²) in [5.41, 5.74) is -0.264. The lowest BCUT2D eigenvalue weighted by Gasteiger charge is -2.30. The van der Waals surface area contributed by atoms with E-state index < -0.39 is 0 Å². The number of carbonyl (C=O) groups is 1. The summed E-state index contributed by atoms with van der Waals surface area (Å²) in [6.07, 6.45) is 2.28. The van der Waals surface area contributed by atoms with Crippen molar-refractivity contribution in [1.29, 1.82) is 0 Å². The fourth-order valence-electron chi connectivity index (χ4n) is 2.42. The summed E-state index contributed by atoms with van der Waals surface area (Å²) in [5, 5.41) is 0. The molecule has 1 amide bonds. The summed E-state index contributed by atoms with van der Waals surface area (Å²) in [7, 11) is 0. The number of hydrogen-bond acceptors (Lipinski definition) is 2. The molecule has 1 aliphatic heterocycles. The normalized spacial score (nSPS) is 19.7. The van der Waals surface area contributed by atoms with Crippen molar-refractivity contribution in [2.45, 2.75) is 44.6 Å². The van der Waals surface area contributed by atoms with Gasteiger partial charge in [0, 0.05) is 28.6 Å². The fraction of sp³-hybridized carbons (Fsp3) is 0.562. The van der Waals surface area contributed by atoms with Crippen LogP contribution in [0.25, 0.3) is 0 Å². The second kappa shape index (κ2) is 6.00. The first-order chi connectivity index (χ1) is 8.98. The smallest absolute Gasteiger partial charge is 0.228 e. The molecule has 0 radical (unpaired) electrons. The molecule has 104 valence electrons. The Hall–Kier alpha value is -0.960. The predicted molar refractivity (Wildman–Crippen MR) is 81.4 cm³/mol. The van der Waals surface area contributed by atoms with Crippen molar-refractivity contribution < 1.29 is 4.79 Å². The zero-order valence-electron chi connectivity index (χ0n) is 12.1. The van der Waals surface area contributed by atoms with Crippen molar-refractivity contribution in [3.05, 3.63) is 30.3 Å². The molecule has 1 aromatic rings. The van der Waals surface area contributed by atoms with E-state index in [9.17, 15) is 4.79 Å². The molecule has 1 aromatic carbocycles. The van der Waals surface area contributed by atoms with Gasteiger partial charge in [0.15, 0.2) is 0 Å². The Morgan fingerprint density at radius 3 is 2.63 bits per heavy atom. The van der Waals surface area contributed by atoms with Gasteiger partial charge in [0.25, 0.3) is 0 Å². The van der Waals surface area contributed by atoms with Crippen molar-refractivity contribution in [1.82, 2.24) is 4.90 Å². The van der Waals surface area contributed by atoms with Gasteiger partial charge in [-0.05, 0) is 25.0 Å². The quantitative estimate of drug-likeness (QED) is 0.783. The van der Waals surface area contributed by atoms with Crippen LogP contribution < -0.4 is 0 Å². The van der Waals surface area contributed by atoms with Gasteiger partial charge in [0.1, 0.15) is 0 Å². The molecule has 0 aromatic heterocycles. The van der Waals surface area contributed by atoms with Crippen molar-refractivity contribution >= 4 is 17.7 Å². The first-order valence-electron chi connectivity index (χ1n) is 6.97. The van der Waals surface area contributed by atoms with Gasteiger partial charge in [0.2, 0.25) is 5.91 Å². The average Bonchev–Trinajstić information content (AvgIpc) is 2.83. The van der Waals surface area contributed by atoms with Crippen LogP contribution in [0.1, 0.15) is 33.6 Å². The first-order valence-corrected chi connectivity index (χ1v) is 7.96. The van der Waals surface area contributed by atoms with E-state index in [1.54, 1.807) is 0 Å². The van der Waals surface area contributed by atoms with Crippen molar-refractivity contribution in [2.75, 3.05) is 12.3 Å². The van der Waals surface area contributed by atoms with Crippen LogP contribution >= 0.6 is 11.8 Å². The molecule has 1 saturated heterocycles. The molecule has 1 heterocycles. The van der Waals surface area contributed by atoms with E-state index in [2.05, 4.69) is 29.2 Å². The van der Waals surface area contributed by atoms with Gasteiger partial charge < -0.3 is 4.90 Å². The SMILES string of the molecule is CC(C)(C)C(=O)N1CCC[C@H]1CSc1ccccc1. The molecule has 3 heteroatoms. The summed E-state index contributed by atoms with van der Waals surface area (Å²) < 4.78 is 0. The number of rotatable bonds is 3. The second-order valence-corrected chi connectivity index (χ2v) is 7.26. The topological polar surface area (TPSA) is 20.3 Å². The van der Waals surface area contributed by atoms with Gasteiger partial charge in [-0.1, -0.05) is 39.0 Å². The Labute approximate surface area is 120 Å². The molecule has 1 fully saturated rings. The highest BCUT2D eigenvalue weighted by molar-refractivity contribution is 7.99. The van der Waals surface area contributed by atoms with E-state index in [1.807, 2.05) is 38.6 Å². The van der Waals surface area contributed by atoms with Gasteiger partial charge in [-0.3, -0.25) is 4.79 Å². The van der Waals surface area contributed by atoms with Crippen LogP contribution in [0.4, 0.5) is 0 Å². The lowest BCUT2D eigenvalue weighted by molar-refractivity contribution is -0.139. The average molecular weight is 277 g/mol. The maximum absolute atomic E-state index is 12.4. The summed E-state index contributed by atoms with van der Waals surface area (Å²) in [5.74, 6) is 1.30. The molecular formula is C16H23NOS. The maximum atomic E-state index is 12.4. The van der Waals surface area contributed by atoms with Crippen molar-refractivity contribution in [3.8, 4) is 0 Å². The Bertz CT molecular complexity index is 424.